The lowest BCUT2D eigenvalue weighted by atomic mass is 10.1. The molecule has 0 atom stereocenters. The van der Waals surface area contributed by atoms with Crippen LogP contribution in [-0.4, -0.2) is 42.9 Å². The lowest BCUT2D eigenvalue weighted by Gasteiger charge is -2.20. The van der Waals surface area contributed by atoms with E-state index in [-0.39, 0.29) is 18.4 Å². The molecule has 0 aliphatic rings. The number of fused-ring (bicyclic) bond motifs is 1. The molecule has 0 radical (unpaired) electrons. The highest BCUT2D eigenvalue weighted by Crippen LogP contribution is 2.22. The molecule has 2 N–H and O–H groups in total. The summed E-state index contributed by atoms with van der Waals surface area (Å²) >= 11 is 0. The van der Waals surface area contributed by atoms with Gasteiger partial charge in [-0.2, -0.15) is 0 Å². The fraction of sp³-hybridized carbons (Fsp3) is 0.455. The number of hydrogen-bond donors (Lipinski definition) is 2. The van der Waals surface area contributed by atoms with Crippen molar-refractivity contribution in [2.24, 2.45) is 0 Å². The SMILES string of the molecule is CCCN(CCC)CCCC(=O)NCC(=O)Nc1cccc2ccccc12. The molecule has 0 aromatic heterocycles. The smallest absolute Gasteiger partial charge is 0.243 e. The van der Waals surface area contributed by atoms with Crippen LogP contribution in [0.25, 0.3) is 10.8 Å². The van der Waals surface area contributed by atoms with Crippen LogP contribution in [0.3, 0.4) is 0 Å². The largest absolute Gasteiger partial charge is 0.347 e. The van der Waals surface area contributed by atoms with E-state index >= 15 is 0 Å². The number of anilines is 1. The Balaban J connectivity index is 1.74. The quantitative estimate of drug-likeness (QED) is 0.633. The third-order valence-electron chi connectivity index (χ3n) is 4.47. The second kappa shape index (κ2) is 11.3. The van der Waals surface area contributed by atoms with Crippen LogP contribution in [0, 0.1) is 0 Å². The molecule has 2 amide bonds. The third kappa shape index (κ3) is 7.02. The van der Waals surface area contributed by atoms with Gasteiger partial charge in [0, 0.05) is 17.5 Å². The van der Waals surface area contributed by atoms with Crippen molar-refractivity contribution >= 4 is 28.3 Å². The van der Waals surface area contributed by atoms with E-state index in [9.17, 15) is 9.59 Å². The lowest BCUT2D eigenvalue weighted by Crippen LogP contribution is -2.33. The van der Waals surface area contributed by atoms with Crippen LogP contribution >= 0.6 is 0 Å². The number of rotatable bonds is 11. The minimum atomic E-state index is -0.210. The maximum atomic E-state index is 12.2. The van der Waals surface area contributed by atoms with Crippen molar-refractivity contribution in [2.45, 2.75) is 39.5 Å². The number of amides is 2. The normalized spacial score (nSPS) is 10.9. The zero-order valence-corrected chi connectivity index (χ0v) is 16.5. The first-order valence-corrected chi connectivity index (χ1v) is 9.90. The molecule has 2 rings (SSSR count). The predicted molar refractivity (Wildman–Crippen MR) is 112 cm³/mol. The number of hydrogen-bond acceptors (Lipinski definition) is 3. The zero-order valence-electron chi connectivity index (χ0n) is 16.5. The lowest BCUT2D eigenvalue weighted by molar-refractivity contribution is -0.124. The molecule has 146 valence electrons. The zero-order chi connectivity index (χ0) is 19.5. The van der Waals surface area contributed by atoms with E-state index in [0.29, 0.717) is 6.42 Å². The van der Waals surface area contributed by atoms with E-state index in [4.69, 9.17) is 0 Å². The average Bonchev–Trinajstić information content (AvgIpc) is 2.67. The van der Waals surface area contributed by atoms with Crippen molar-refractivity contribution in [1.29, 1.82) is 0 Å². The highest BCUT2D eigenvalue weighted by molar-refractivity contribution is 6.03. The van der Waals surface area contributed by atoms with E-state index in [0.717, 1.165) is 55.4 Å². The van der Waals surface area contributed by atoms with Gasteiger partial charge in [0.15, 0.2) is 0 Å². The highest BCUT2D eigenvalue weighted by Gasteiger charge is 2.09. The van der Waals surface area contributed by atoms with Gasteiger partial charge in [-0.1, -0.05) is 50.2 Å². The van der Waals surface area contributed by atoms with Crippen molar-refractivity contribution in [3.63, 3.8) is 0 Å². The maximum absolute atomic E-state index is 12.2. The molecule has 2 aromatic rings. The van der Waals surface area contributed by atoms with Gasteiger partial charge in [-0.3, -0.25) is 9.59 Å². The minimum Gasteiger partial charge on any atom is -0.347 e. The Labute approximate surface area is 162 Å². The molecule has 0 aliphatic heterocycles. The first-order valence-electron chi connectivity index (χ1n) is 9.90. The molecule has 0 fully saturated rings. The Hall–Kier alpha value is -2.40. The van der Waals surface area contributed by atoms with Crippen LogP contribution in [0.4, 0.5) is 5.69 Å². The number of nitrogens with one attached hydrogen (secondary N) is 2. The van der Waals surface area contributed by atoms with Crippen molar-refractivity contribution in [3.05, 3.63) is 42.5 Å². The van der Waals surface area contributed by atoms with E-state index in [2.05, 4.69) is 29.4 Å². The maximum Gasteiger partial charge on any atom is 0.243 e. The summed E-state index contributed by atoms with van der Waals surface area (Å²) in [7, 11) is 0. The van der Waals surface area contributed by atoms with Crippen LogP contribution in [0.5, 0.6) is 0 Å². The summed E-state index contributed by atoms with van der Waals surface area (Å²) in [5.41, 5.74) is 0.766. The summed E-state index contributed by atoms with van der Waals surface area (Å²) in [6.07, 6.45) is 3.52. The summed E-state index contributed by atoms with van der Waals surface area (Å²) in [5, 5.41) is 7.67. The van der Waals surface area contributed by atoms with Crippen molar-refractivity contribution in [2.75, 3.05) is 31.5 Å². The molecule has 5 heteroatoms. The Morgan fingerprint density at radius 3 is 2.33 bits per heavy atom. The first kappa shape index (κ1) is 20.9. The number of carbonyl (C=O) groups is 2. The molecule has 0 saturated heterocycles. The van der Waals surface area contributed by atoms with Gasteiger partial charge in [0.25, 0.3) is 0 Å². The van der Waals surface area contributed by atoms with Crippen LogP contribution in [0.15, 0.2) is 42.5 Å². The molecular formula is C22H31N3O2. The Morgan fingerprint density at radius 1 is 0.889 bits per heavy atom. The number of carbonyl (C=O) groups excluding carboxylic acids is 2. The summed E-state index contributed by atoms with van der Waals surface area (Å²) in [4.78, 5) is 26.6. The van der Waals surface area contributed by atoms with Gasteiger partial charge in [-0.05, 0) is 50.3 Å². The van der Waals surface area contributed by atoms with Gasteiger partial charge in [-0.25, -0.2) is 0 Å². The van der Waals surface area contributed by atoms with E-state index in [1.165, 1.54) is 0 Å². The van der Waals surface area contributed by atoms with Crippen LogP contribution in [0.2, 0.25) is 0 Å². The first-order chi connectivity index (χ1) is 13.1. The molecule has 0 aliphatic carbocycles. The van der Waals surface area contributed by atoms with E-state index < -0.39 is 0 Å². The fourth-order valence-electron chi connectivity index (χ4n) is 3.23. The van der Waals surface area contributed by atoms with E-state index in [1.807, 2.05) is 42.5 Å². The molecule has 0 unspecified atom stereocenters. The monoisotopic (exact) mass is 369 g/mol. The summed E-state index contributed by atoms with van der Waals surface area (Å²) in [6.45, 7) is 7.41. The van der Waals surface area contributed by atoms with Gasteiger partial charge >= 0.3 is 0 Å². The van der Waals surface area contributed by atoms with Crippen LogP contribution < -0.4 is 10.6 Å². The average molecular weight is 370 g/mol. The van der Waals surface area contributed by atoms with Crippen LogP contribution in [-0.2, 0) is 9.59 Å². The van der Waals surface area contributed by atoms with Gasteiger partial charge < -0.3 is 15.5 Å². The van der Waals surface area contributed by atoms with Gasteiger partial charge in [0.1, 0.15) is 0 Å². The van der Waals surface area contributed by atoms with Gasteiger partial charge in [-0.15, -0.1) is 0 Å². The molecule has 5 nitrogen and oxygen atoms in total. The number of nitrogens with zero attached hydrogens (tertiary/aromatic N) is 1. The minimum absolute atomic E-state index is 0.00428. The third-order valence-corrected chi connectivity index (χ3v) is 4.47. The van der Waals surface area contributed by atoms with Crippen molar-refractivity contribution in [1.82, 2.24) is 10.2 Å². The Morgan fingerprint density at radius 2 is 1.59 bits per heavy atom. The molecule has 0 saturated carbocycles. The molecule has 0 spiro atoms. The van der Waals surface area contributed by atoms with Crippen molar-refractivity contribution < 1.29 is 9.59 Å². The second-order valence-corrected chi connectivity index (χ2v) is 6.80. The summed E-state index contributed by atoms with van der Waals surface area (Å²) in [5.74, 6) is -0.283. The topological polar surface area (TPSA) is 61.4 Å². The fourth-order valence-corrected chi connectivity index (χ4v) is 3.23. The van der Waals surface area contributed by atoms with Crippen LogP contribution in [0.1, 0.15) is 39.5 Å². The predicted octanol–water partition coefficient (Wildman–Crippen LogP) is 3.80. The van der Waals surface area contributed by atoms with E-state index in [1.54, 1.807) is 0 Å². The summed E-state index contributed by atoms with van der Waals surface area (Å²) in [6, 6.07) is 13.7. The molecule has 2 aromatic carbocycles. The second-order valence-electron chi connectivity index (χ2n) is 6.80. The summed E-state index contributed by atoms with van der Waals surface area (Å²) < 4.78 is 0. The Bertz CT molecular complexity index is 734. The highest BCUT2D eigenvalue weighted by atomic mass is 16.2. The molecule has 0 heterocycles. The van der Waals surface area contributed by atoms with Gasteiger partial charge in [0.05, 0.1) is 6.54 Å². The van der Waals surface area contributed by atoms with Crippen molar-refractivity contribution in [3.8, 4) is 0 Å². The molecular weight excluding hydrogens is 338 g/mol. The molecule has 0 bridgehead atoms. The Kier molecular flexibility index (Phi) is 8.78. The number of benzene rings is 2. The van der Waals surface area contributed by atoms with Gasteiger partial charge in [0.2, 0.25) is 11.8 Å². The standard InChI is InChI=1S/C22H31N3O2/c1-3-14-25(15-4-2)16-8-13-21(26)23-17-22(27)24-20-12-7-10-18-9-5-6-11-19(18)20/h5-7,9-12H,3-4,8,13-17H2,1-2H3,(H,23,26)(H,24,27). The molecule has 27 heavy (non-hydrogen) atoms.